The number of fused-ring (bicyclic) bond motifs is 1. The van der Waals surface area contributed by atoms with Crippen LogP contribution in [0.4, 0.5) is 13.2 Å². The Hall–Kier alpha value is -3.12. The van der Waals surface area contributed by atoms with Crippen LogP contribution in [-0.4, -0.2) is 15.2 Å². The number of nitrogens with zero attached hydrogens (tertiary/aromatic N) is 3. The van der Waals surface area contributed by atoms with Crippen LogP contribution in [0, 0.1) is 35.7 Å². The number of halogens is 4. The monoisotopic (exact) mass is 432 g/mol. The lowest BCUT2D eigenvalue weighted by atomic mass is 9.96. The molecule has 5 nitrogen and oxygen atoms in total. The first-order valence-electron chi connectivity index (χ1n) is 7.60. The van der Waals surface area contributed by atoms with Crippen molar-refractivity contribution in [3.8, 4) is 28.7 Å². The Bertz CT molecular complexity index is 1260. The van der Waals surface area contributed by atoms with Crippen LogP contribution >= 0.6 is 15.9 Å². The third-order valence-corrected chi connectivity index (χ3v) is 4.53. The third-order valence-electron chi connectivity index (χ3n) is 4.10. The third kappa shape index (κ3) is 2.61. The highest BCUT2D eigenvalue weighted by Crippen LogP contribution is 2.40. The van der Waals surface area contributed by atoms with Crippen molar-refractivity contribution in [3.05, 3.63) is 57.6 Å². The quantitative estimate of drug-likeness (QED) is 0.439. The Morgan fingerprint density at radius 1 is 1.11 bits per heavy atom. The largest absolute Gasteiger partial charge is 0.449 e. The number of furan rings is 1. The maximum Gasteiger partial charge on any atom is 0.171 e. The van der Waals surface area contributed by atoms with Gasteiger partial charge in [0.1, 0.15) is 17.6 Å². The fourth-order valence-corrected chi connectivity index (χ4v) is 3.25. The van der Waals surface area contributed by atoms with E-state index in [0.717, 1.165) is 6.07 Å². The summed E-state index contributed by atoms with van der Waals surface area (Å²) in [4.78, 5) is 4.15. The number of nitriles is 1. The average Bonchev–Trinajstić information content (AvgIpc) is 3.23. The van der Waals surface area contributed by atoms with Gasteiger partial charge < -0.3 is 4.42 Å². The second-order valence-corrected chi connectivity index (χ2v) is 6.46. The Kier molecular flexibility index (Phi) is 4.00. The summed E-state index contributed by atoms with van der Waals surface area (Å²) in [5.74, 6) is -3.45. The van der Waals surface area contributed by atoms with E-state index in [0.29, 0.717) is 21.8 Å². The number of benzene rings is 1. The van der Waals surface area contributed by atoms with E-state index in [2.05, 4.69) is 31.1 Å². The van der Waals surface area contributed by atoms with E-state index in [1.165, 1.54) is 0 Å². The zero-order valence-corrected chi connectivity index (χ0v) is 15.2. The summed E-state index contributed by atoms with van der Waals surface area (Å²) >= 11 is 3.19. The summed E-state index contributed by atoms with van der Waals surface area (Å²) in [6.07, 6.45) is 0. The highest BCUT2D eigenvalue weighted by atomic mass is 79.9. The lowest BCUT2D eigenvalue weighted by molar-refractivity contribution is 0.498. The summed E-state index contributed by atoms with van der Waals surface area (Å²) in [5, 5.41) is 16.9. The van der Waals surface area contributed by atoms with Crippen molar-refractivity contribution in [3.63, 3.8) is 0 Å². The Morgan fingerprint density at radius 2 is 1.85 bits per heavy atom. The van der Waals surface area contributed by atoms with Crippen LogP contribution in [0.2, 0.25) is 0 Å². The van der Waals surface area contributed by atoms with Crippen LogP contribution in [0.25, 0.3) is 33.6 Å². The van der Waals surface area contributed by atoms with Crippen molar-refractivity contribution >= 4 is 27.0 Å². The summed E-state index contributed by atoms with van der Waals surface area (Å²) in [5.41, 5.74) is -0.261. The first kappa shape index (κ1) is 17.3. The molecule has 27 heavy (non-hydrogen) atoms. The molecule has 0 unspecified atom stereocenters. The normalized spacial score (nSPS) is 11.1. The van der Waals surface area contributed by atoms with E-state index < -0.39 is 23.0 Å². The van der Waals surface area contributed by atoms with Crippen molar-refractivity contribution in [2.45, 2.75) is 6.92 Å². The van der Waals surface area contributed by atoms with Gasteiger partial charge in [-0.2, -0.15) is 10.4 Å². The van der Waals surface area contributed by atoms with Gasteiger partial charge in [-0.1, -0.05) is 0 Å². The van der Waals surface area contributed by atoms with Crippen molar-refractivity contribution in [2.75, 3.05) is 0 Å². The van der Waals surface area contributed by atoms with Crippen molar-refractivity contribution in [2.24, 2.45) is 0 Å². The molecule has 1 N–H and O–H groups in total. The number of aromatic amines is 1. The van der Waals surface area contributed by atoms with Crippen molar-refractivity contribution in [1.82, 2.24) is 15.2 Å². The number of H-pyrrole nitrogens is 1. The van der Waals surface area contributed by atoms with Gasteiger partial charge in [0, 0.05) is 0 Å². The number of nitrogens with one attached hydrogen (secondary N) is 1. The molecule has 1 aromatic carbocycles. The number of aromatic nitrogens is 3. The van der Waals surface area contributed by atoms with Gasteiger partial charge in [0.25, 0.3) is 0 Å². The summed E-state index contributed by atoms with van der Waals surface area (Å²) in [6.45, 7) is 1.69. The molecule has 4 rings (SSSR count). The molecule has 4 aromatic rings. The number of rotatable bonds is 2. The van der Waals surface area contributed by atoms with Crippen LogP contribution in [0.3, 0.4) is 0 Å². The molecule has 0 amide bonds. The van der Waals surface area contributed by atoms with Gasteiger partial charge in [0.05, 0.1) is 33.5 Å². The van der Waals surface area contributed by atoms with E-state index in [1.54, 1.807) is 19.1 Å². The van der Waals surface area contributed by atoms with Gasteiger partial charge in [0.2, 0.25) is 0 Å². The highest BCUT2D eigenvalue weighted by Gasteiger charge is 2.27. The van der Waals surface area contributed by atoms with Crippen molar-refractivity contribution < 1.29 is 17.6 Å². The minimum Gasteiger partial charge on any atom is -0.449 e. The molecule has 0 atom stereocenters. The topological polar surface area (TPSA) is 78.5 Å². The Balaban J connectivity index is 2.20. The Labute approximate surface area is 158 Å². The zero-order chi connectivity index (χ0) is 19.3. The molecule has 0 aliphatic heterocycles. The standard InChI is InChI=1S/C18H8BrF3N4O/c1-7-13-14(11-4-5-12(19)27-11)8(6-23)17(24-18(13)26-25-7)15-9(20)2-3-10(21)16(15)22/h2-5H,1H3,(H,24,25,26). The maximum absolute atomic E-state index is 14.4. The number of hydrogen-bond donors (Lipinski definition) is 1. The first-order chi connectivity index (χ1) is 12.9. The van der Waals surface area contributed by atoms with Crippen LogP contribution < -0.4 is 0 Å². The summed E-state index contributed by atoms with van der Waals surface area (Å²) in [7, 11) is 0. The van der Waals surface area contributed by atoms with Gasteiger partial charge in [0.15, 0.2) is 22.0 Å². The van der Waals surface area contributed by atoms with E-state index in [9.17, 15) is 18.4 Å². The molecular formula is C18H8BrF3N4O. The zero-order valence-electron chi connectivity index (χ0n) is 13.6. The predicted molar refractivity (Wildman–Crippen MR) is 94.1 cm³/mol. The molecule has 3 aromatic heterocycles. The molecule has 9 heteroatoms. The molecule has 0 aliphatic carbocycles. The Morgan fingerprint density at radius 3 is 2.52 bits per heavy atom. The van der Waals surface area contributed by atoms with E-state index in [-0.39, 0.29) is 28.2 Å². The minimum atomic E-state index is -1.43. The fourth-order valence-electron chi connectivity index (χ4n) is 2.94. The molecule has 0 bridgehead atoms. The van der Waals surface area contributed by atoms with Crippen molar-refractivity contribution in [1.29, 1.82) is 5.26 Å². The first-order valence-corrected chi connectivity index (χ1v) is 8.40. The van der Waals surface area contributed by atoms with Gasteiger partial charge in [-0.3, -0.25) is 5.10 Å². The SMILES string of the molecule is Cc1n[nH]c2nc(-c3c(F)ccc(F)c3F)c(C#N)c(-c3ccc(Br)o3)c12. The van der Waals surface area contributed by atoms with Gasteiger partial charge in [-0.15, -0.1) is 0 Å². The lowest BCUT2D eigenvalue weighted by Crippen LogP contribution is -2.01. The molecule has 0 saturated carbocycles. The van der Waals surface area contributed by atoms with Crippen LogP contribution in [0.15, 0.2) is 33.4 Å². The number of pyridine rings is 1. The average molecular weight is 433 g/mol. The molecule has 0 spiro atoms. The fraction of sp³-hybridized carbons (Fsp3) is 0.0556. The summed E-state index contributed by atoms with van der Waals surface area (Å²) in [6, 6.07) is 6.57. The lowest BCUT2D eigenvalue weighted by Gasteiger charge is -2.11. The van der Waals surface area contributed by atoms with Gasteiger partial charge in [-0.25, -0.2) is 18.2 Å². The van der Waals surface area contributed by atoms with Gasteiger partial charge in [-0.05, 0) is 47.1 Å². The number of hydrogen-bond acceptors (Lipinski definition) is 4. The number of aryl methyl sites for hydroxylation is 1. The minimum absolute atomic E-state index is 0.155. The van der Waals surface area contributed by atoms with E-state index in [4.69, 9.17) is 4.42 Å². The maximum atomic E-state index is 14.4. The van der Waals surface area contributed by atoms with Crippen LogP contribution in [-0.2, 0) is 0 Å². The summed E-state index contributed by atoms with van der Waals surface area (Å²) < 4.78 is 48.4. The van der Waals surface area contributed by atoms with Crippen LogP contribution in [0.1, 0.15) is 11.3 Å². The van der Waals surface area contributed by atoms with E-state index >= 15 is 0 Å². The molecular weight excluding hydrogens is 425 g/mol. The van der Waals surface area contributed by atoms with E-state index in [1.807, 2.05) is 6.07 Å². The highest BCUT2D eigenvalue weighted by molar-refractivity contribution is 9.10. The van der Waals surface area contributed by atoms with Crippen LogP contribution in [0.5, 0.6) is 0 Å². The second-order valence-electron chi connectivity index (χ2n) is 5.68. The second kappa shape index (κ2) is 6.25. The smallest absolute Gasteiger partial charge is 0.171 e. The molecule has 0 fully saturated rings. The molecule has 0 aliphatic rings. The molecule has 3 heterocycles. The van der Waals surface area contributed by atoms with Gasteiger partial charge >= 0.3 is 0 Å². The molecule has 0 saturated heterocycles. The molecule has 0 radical (unpaired) electrons. The molecule has 134 valence electrons. The predicted octanol–water partition coefficient (Wildman–Crippen LogP) is 5.24.